The molecule has 6 heteroatoms. The van der Waals surface area contributed by atoms with Gasteiger partial charge < -0.3 is 14.1 Å². The number of methoxy groups -OCH3 is 1. The molecule has 0 bridgehead atoms. The lowest BCUT2D eigenvalue weighted by molar-refractivity contribution is 0.0927. The highest BCUT2D eigenvalue weighted by molar-refractivity contribution is 5.93. The summed E-state index contributed by atoms with van der Waals surface area (Å²) in [7, 11) is 1.65. The summed E-state index contributed by atoms with van der Waals surface area (Å²) in [5.74, 6) is 0.998. The topological polar surface area (TPSA) is 67.1 Å². The van der Waals surface area contributed by atoms with Gasteiger partial charge in [0.2, 0.25) is 0 Å². The van der Waals surface area contributed by atoms with Gasteiger partial charge in [0.05, 0.1) is 19.6 Å². The number of furan rings is 1. The summed E-state index contributed by atoms with van der Waals surface area (Å²) < 4.78 is 10.7. The van der Waals surface area contributed by atoms with Crippen molar-refractivity contribution < 1.29 is 13.9 Å². The minimum Gasteiger partial charge on any atom is -0.496 e. The summed E-state index contributed by atoms with van der Waals surface area (Å²) in [6.45, 7) is 10.1. The van der Waals surface area contributed by atoms with E-state index < -0.39 is 0 Å². The zero-order valence-corrected chi connectivity index (χ0v) is 17.3. The number of hydrogen-bond acceptors (Lipinski definition) is 5. The molecule has 6 nitrogen and oxygen atoms in total. The van der Waals surface area contributed by atoms with Crippen molar-refractivity contribution in [1.82, 2.24) is 5.43 Å². The molecule has 1 amide bonds. The fourth-order valence-electron chi connectivity index (χ4n) is 4.08. The first-order chi connectivity index (χ1) is 13.4. The molecule has 1 atom stereocenters. The van der Waals surface area contributed by atoms with Crippen molar-refractivity contribution in [2.75, 3.05) is 18.6 Å². The van der Waals surface area contributed by atoms with Gasteiger partial charge in [-0.2, -0.15) is 5.10 Å². The van der Waals surface area contributed by atoms with Crippen molar-refractivity contribution >= 4 is 17.8 Å². The number of hydrazone groups is 1. The summed E-state index contributed by atoms with van der Waals surface area (Å²) in [6.07, 6.45) is 5.24. The molecule has 1 N–H and O–H groups in total. The lowest BCUT2D eigenvalue weighted by Gasteiger charge is -2.47. The van der Waals surface area contributed by atoms with E-state index in [2.05, 4.69) is 55.3 Å². The normalized spacial score (nSPS) is 18.2. The largest absolute Gasteiger partial charge is 0.496 e. The molecule has 2 heterocycles. The summed E-state index contributed by atoms with van der Waals surface area (Å²) in [5.41, 5.74) is 5.93. The smallest absolute Gasteiger partial charge is 0.307 e. The monoisotopic (exact) mass is 383 g/mol. The maximum atomic E-state index is 12.0. The van der Waals surface area contributed by atoms with E-state index in [1.54, 1.807) is 25.5 Å². The molecule has 1 aromatic carbocycles. The number of hydrogen-bond donors (Lipinski definition) is 1. The highest BCUT2D eigenvalue weighted by Crippen LogP contribution is 2.45. The number of nitrogens with one attached hydrogen (secondary N) is 1. The Hall–Kier alpha value is -2.76. The highest BCUT2D eigenvalue weighted by atomic mass is 16.5. The summed E-state index contributed by atoms with van der Waals surface area (Å²) >= 11 is 0. The van der Waals surface area contributed by atoms with Crippen LogP contribution < -0.4 is 15.1 Å². The Morgan fingerprint density at radius 2 is 2.25 bits per heavy atom. The van der Waals surface area contributed by atoms with Crippen LogP contribution in [0.1, 0.15) is 68.1 Å². The van der Waals surface area contributed by atoms with Crippen LogP contribution in [0.2, 0.25) is 0 Å². The Morgan fingerprint density at radius 1 is 1.46 bits per heavy atom. The molecule has 2 aromatic rings. The average Bonchev–Trinajstić information content (AvgIpc) is 3.19. The number of carbonyl (C=O) groups excluding carboxylic acids is 1. The number of carbonyl (C=O) groups is 1. The van der Waals surface area contributed by atoms with Crippen LogP contribution in [0.5, 0.6) is 5.75 Å². The second-order valence-electron chi connectivity index (χ2n) is 7.90. The fraction of sp³-hybridized carbons (Fsp3) is 0.455. The molecular weight excluding hydrogens is 354 g/mol. The molecule has 0 radical (unpaired) electrons. The molecular formula is C22H29N3O3. The first kappa shape index (κ1) is 20.0. The Morgan fingerprint density at radius 3 is 2.89 bits per heavy atom. The van der Waals surface area contributed by atoms with Crippen molar-refractivity contribution in [3.05, 3.63) is 47.4 Å². The number of benzene rings is 1. The van der Waals surface area contributed by atoms with Gasteiger partial charge >= 0.3 is 5.91 Å². The number of amides is 1. The first-order valence-electron chi connectivity index (χ1n) is 9.74. The van der Waals surface area contributed by atoms with E-state index in [1.165, 1.54) is 17.5 Å². The van der Waals surface area contributed by atoms with Gasteiger partial charge in [-0.05, 0) is 56.4 Å². The van der Waals surface area contributed by atoms with Crippen molar-refractivity contribution in [3.63, 3.8) is 0 Å². The van der Waals surface area contributed by atoms with Gasteiger partial charge in [0.1, 0.15) is 5.75 Å². The van der Waals surface area contributed by atoms with Gasteiger partial charge in [-0.15, -0.1) is 0 Å². The summed E-state index contributed by atoms with van der Waals surface area (Å²) in [4.78, 5) is 14.4. The zero-order chi connectivity index (χ0) is 20.3. The van der Waals surface area contributed by atoms with E-state index in [4.69, 9.17) is 9.15 Å². The Balaban J connectivity index is 1.90. The summed E-state index contributed by atoms with van der Waals surface area (Å²) in [6, 6.07) is 7.48. The minimum absolute atomic E-state index is 0.0973. The molecule has 1 aromatic heterocycles. The molecule has 0 fully saturated rings. The second kappa shape index (κ2) is 8.09. The summed E-state index contributed by atoms with van der Waals surface area (Å²) in [5, 5.41) is 4.09. The van der Waals surface area contributed by atoms with Crippen LogP contribution in [0.4, 0.5) is 5.69 Å². The van der Waals surface area contributed by atoms with Gasteiger partial charge in [0, 0.05) is 29.4 Å². The van der Waals surface area contributed by atoms with Crippen molar-refractivity contribution in [3.8, 4) is 5.75 Å². The maximum Gasteiger partial charge on any atom is 0.307 e. The molecule has 0 saturated heterocycles. The Bertz CT molecular complexity index is 856. The molecule has 0 spiro atoms. The van der Waals surface area contributed by atoms with Crippen LogP contribution in [-0.2, 0) is 0 Å². The van der Waals surface area contributed by atoms with Crippen LogP contribution in [0, 0.1) is 0 Å². The van der Waals surface area contributed by atoms with Crippen LogP contribution in [-0.4, -0.2) is 31.3 Å². The molecule has 150 valence electrons. The molecule has 1 aliphatic rings. The standard InChI is InChI=1S/C22H29N3O3/c1-6-9-25-18-12-20(27-5)16(11-17(18)15(2)13-22(25,3)4)14-23-24-21(26)19-8-7-10-28-19/h7-8,10-12,14-15H,6,9,13H2,1-5H3,(H,24,26)/b23-14+. The predicted molar refractivity (Wildman–Crippen MR) is 112 cm³/mol. The molecule has 0 saturated carbocycles. The van der Waals surface area contributed by atoms with Gasteiger partial charge in [-0.3, -0.25) is 4.79 Å². The number of fused-ring (bicyclic) bond motifs is 1. The average molecular weight is 383 g/mol. The van der Waals surface area contributed by atoms with Crippen LogP contribution >= 0.6 is 0 Å². The molecule has 1 aliphatic heterocycles. The van der Waals surface area contributed by atoms with Crippen LogP contribution in [0.3, 0.4) is 0 Å². The molecule has 0 aliphatic carbocycles. The quantitative estimate of drug-likeness (QED) is 0.587. The predicted octanol–water partition coefficient (Wildman–Crippen LogP) is 4.55. The number of ether oxygens (including phenoxy) is 1. The third-order valence-corrected chi connectivity index (χ3v) is 5.30. The molecule has 3 rings (SSSR count). The Labute approximate surface area is 166 Å². The third kappa shape index (κ3) is 3.91. The molecule has 28 heavy (non-hydrogen) atoms. The number of rotatable bonds is 6. The van der Waals surface area contributed by atoms with Crippen LogP contribution in [0.15, 0.2) is 40.0 Å². The zero-order valence-electron chi connectivity index (χ0n) is 17.3. The van der Waals surface area contributed by atoms with E-state index in [9.17, 15) is 4.79 Å². The van der Waals surface area contributed by atoms with E-state index in [0.717, 1.165) is 30.7 Å². The lowest BCUT2D eigenvalue weighted by Crippen LogP contribution is -2.48. The third-order valence-electron chi connectivity index (χ3n) is 5.30. The van der Waals surface area contributed by atoms with E-state index >= 15 is 0 Å². The van der Waals surface area contributed by atoms with Gasteiger partial charge in [0.15, 0.2) is 5.76 Å². The van der Waals surface area contributed by atoms with Gasteiger partial charge in [-0.1, -0.05) is 13.8 Å². The molecule has 1 unspecified atom stereocenters. The SMILES string of the molecule is CCCN1c2cc(OC)c(/C=N/NC(=O)c3ccco3)cc2C(C)CC1(C)C. The fourth-order valence-corrected chi connectivity index (χ4v) is 4.08. The maximum absolute atomic E-state index is 12.0. The van der Waals surface area contributed by atoms with Crippen molar-refractivity contribution in [2.24, 2.45) is 5.10 Å². The van der Waals surface area contributed by atoms with Gasteiger partial charge in [-0.25, -0.2) is 5.43 Å². The van der Waals surface area contributed by atoms with Gasteiger partial charge in [0.25, 0.3) is 0 Å². The second-order valence-corrected chi connectivity index (χ2v) is 7.90. The van der Waals surface area contributed by atoms with E-state index in [-0.39, 0.29) is 17.2 Å². The van der Waals surface area contributed by atoms with Crippen molar-refractivity contribution in [1.29, 1.82) is 0 Å². The van der Waals surface area contributed by atoms with E-state index in [1.807, 2.05) is 0 Å². The first-order valence-corrected chi connectivity index (χ1v) is 9.74. The highest BCUT2D eigenvalue weighted by Gasteiger charge is 2.36. The number of nitrogens with zero attached hydrogens (tertiary/aromatic N) is 2. The van der Waals surface area contributed by atoms with Crippen molar-refractivity contribution in [2.45, 2.75) is 52.0 Å². The van der Waals surface area contributed by atoms with E-state index in [0.29, 0.717) is 5.92 Å². The Kier molecular flexibility index (Phi) is 5.77. The minimum atomic E-state index is -0.387. The number of anilines is 1. The van der Waals surface area contributed by atoms with Crippen LogP contribution in [0.25, 0.3) is 0 Å². The lowest BCUT2D eigenvalue weighted by atomic mass is 9.79.